The predicted octanol–water partition coefficient (Wildman–Crippen LogP) is 3.42. The summed E-state index contributed by atoms with van der Waals surface area (Å²) < 4.78 is 6.39. The van der Waals surface area contributed by atoms with Crippen molar-refractivity contribution in [2.75, 3.05) is 7.11 Å². The number of hydrogen-bond donors (Lipinski definition) is 0. The maximum absolute atomic E-state index is 13.1. The predicted molar refractivity (Wildman–Crippen MR) is 102 cm³/mol. The SMILES string of the molecule is COC(=O)c1cccc(Cn2cnc3sc4c(c3c2=O)CC[C@@H](C)C4)c1. The number of hydrogen-bond acceptors (Lipinski definition) is 5. The molecule has 2 aromatic heterocycles. The van der Waals surface area contributed by atoms with Crippen LogP contribution in [0.4, 0.5) is 0 Å². The fourth-order valence-electron chi connectivity index (χ4n) is 3.59. The van der Waals surface area contributed by atoms with E-state index in [9.17, 15) is 9.59 Å². The van der Waals surface area contributed by atoms with Gasteiger partial charge in [0.25, 0.3) is 5.56 Å². The third kappa shape index (κ3) is 2.94. The van der Waals surface area contributed by atoms with Gasteiger partial charge in [0.15, 0.2) is 0 Å². The van der Waals surface area contributed by atoms with Crippen molar-refractivity contribution in [3.63, 3.8) is 0 Å². The molecule has 4 rings (SSSR count). The highest BCUT2D eigenvalue weighted by atomic mass is 32.1. The van der Waals surface area contributed by atoms with Crippen LogP contribution in [0.5, 0.6) is 0 Å². The van der Waals surface area contributed by atoms with E-state index >= 15 is 0 Å². The fourth-order valence-corrected chi connectivity index (χ4v) is 4.93. The first kappa shape index (κ1) is 17.0. The molecular formula is C20H20N2O3S. The maximum atomic E-state index is 13.1. The number of rotatable bonds is 3. The first-order chi connectivity index (χ1) is 12.6. The highest BCUT2D eigenvalue weighted by Gasteiger charge is 2.23. The lowest BCUT2D eigenvalue weighted by molar-refractivity contribution is 0.0600. The van der Waals surface area contributed by atoms with Gasteiger partial charge in [-0.3, -0.25) is 9.36 Å². The molecular weight excluding hydrogens is 348 g/mol. The molecule has 26 heavy (non-hydrogen) atoms. The molecule has 0 saturated carbocycles. The minimum Gasteiger partial charge on any atom is -0.465 e. The summed E-state index contributed by atoms with van der Waals surface area (Å²) in [7, 11) is 1.36. The molecule has 6 heteroatoms. The number of benzene rings is 1. The van der Waals surface area contributed by atoms with Crippen molar-refractivity contribution in [2.24, 2.45) is 5.92 Å². The Bertz CT molecular complexity index is 1050. The van der Waals surface area contributed by atoms with Crippen molar-refractivity contribution in [1.82, 2.24) is 9.55 Å². The third-order valence-electron chi connectivity index (χ3n) is 4.98. The molecule has 1 aromatic carbocycles. The van der Waals surface area contributed by atoms with E-state index in [0.717, 1.165) is 35.0 Å². The molecule has 0 spiro atoms. The Morgan fingerprint density at radius 3 is 3.08 bits per heavy atom. The maximum Gasteiger partial charge on any atom is 0.337 e. The molecule has 0 N–H and O–H groups in total. The summed E-state index contributed by atoms with van der Waals surface area (Å²) in [6.45, 7) is 2.64. The molecule has 2 heterocycles. The van der Waals surface area contributed by atoms with Crippen molar-refractivity contribution >= 4 is 27.5 Å². The van der Waals surface area contributed by atoms with Gasteiger partial charge in [0.1, 0.15) is 4.83 Å². The van der Waals surface area contributed by atoms with Crippen molar-refractivity contribution in [3.8, 4) is 0 Å². The van der Waals surface area contributed by atoms with E-state index in [1.807, 2.05) is 6.07 Å². The van der Waals surface area contributed by atoms with E-state index in [1.54, 1.807) is 40.4 Å². The molecule has 1 aliphatic rings. The Morgan fingerprint density at radius 1 is 1.42 bits per heavy atom. The zero-order valence-electron chi connectivity index (χ0n) is 14.8. The summed E-state index contributed by atoms with van der Waals surface area (Å²) in [5.41, 5.74) is 2.55. The summed E-state index contributed by atoms with van der Waals surface area (Å²) in [4.78, 5) is 31.5. The monoisotopic (exact) mass is 368 g/mol. The molecule has 0 radical (unpaired) electrons. The largest absolute Gasteiger partial charge is 0.465 e. The Hall–Kier alpha value is -2.47. The number of fused-ring (bicyclic) bond motifs is 3. The minimum atomic E-state index is -0.381. The zero-order valence-corrected chi connectivity index (χ0v) is 15.6. The quantitative estimate of drug-likeness (QED) is 0.665. The average molecular weight is 368 g/mol. The van der Waals surface area contributed by atoms with Crippen LogP contribution in [0.15, 0.2) is 35.4 Å². The van der Waals surface area contributed by atoms with E-state index < -0.39 is 0 Å². The van der Waals surface area contributed by atoms with E-state index in [4.69, 9.17) is 4.74 Å². The van der Waals surface area contributed by atoms with E-state index in [1.165, 1.54) is 17.6 Å². The second-order valence-electron chi connectivity index (χ2n) is 6.90. The van der Waals surface area contributed by atoms with E-state index in [2.05, 4.69) is 11.9 Å². The van der Waals surface area contributed by atoms with Crippen LogP contribution in [0, 0.1) is 5.92 Å². The minimum absolute atomic E-state index is 0.00511. The van der Waals surface area contributed by atoms with Crippen LogP contribution in [-0.2, 0) is 24.1 Å². The Morgan fingerprint density at radius 2 is 2.27 bits per heavy atom. The summed E-state index contributed by atoms with van der Waals surface area (Å²) in [6.07, 6.45) is 4.72. The number of carbonyl (C=O) groups is 1. The topological polar surface area (TPSA) is 61.2 Å². The fraction of sp³-hybridized carbons (Fsp3) is 0.350. The highest BCUT2D eigenvalue weighted by Crippen LogP contribution is 2.35. The van der Waals surface area contributed by atoms with Crippen molar-refractivity contribution in [1.29, 1.82) is 0 Å². The number of nitrogens with zero attached hydrogens (tertiary/aromatic N) is 2. The van der Waals surface area contributed by atoms with E-state index in [0.29, 0.717) is 18.0 Å². The smallest absolute Gasteiger partial charge is 0.337 e. The van der Waals surface area contributed by atoms with Gasteiger partial charge >= 0.3 is 5.97 Å². The van der Waals surface area contributed by atoms with Crippen LogP contribution < -0.4 is 5.56 Å². The van der Waals surface area contributed by atoms with Gasteiger partial charge in [-0.05, 0) is 48.4 Å². The average Bonchev–Trinajstić information content (AvgIpc) is 3.01. The van der Waals surface area contributed by atoms with Crippen LogP contribution >= 0.6 is 11.3 Å². The molecule has 0 bridgehead atoms. The van der Waals surface area contributed by atoms with E-state index in [-0.39, 0.29) is 11.5 Å². The first-order valence-corrected chi connectivity index (χ1v) is 9.55. The first-order valence-electron chi connectivity index (χ1n) is 8.73. The third-order valence-corrected chi connectivity index (χ3v) is 6.15. The zero-order chi connectivity index (χ0) is 18.3. The number of aryl methyl sites for hydroxylation is 1. The summed E-state index contributed by atoms with van der Waals surface area (Å²) in [5, 5.41) is 0.781. The molecule has 0 fully saturated rings. The summed E-state index contributed by atoms with van der Waals surface area (Å²) in [6, 6.07) is 7.16. The number of methoxy groups -OCH3 is 1. The van der Waals surface area contributed by atoms with Gasteiger partial charge in [-0.15, -0.1) is 11.3 Å². The van der Waals surface area contributed by atoms with Gasteiger partial charge in [0.05, 0.1) is 30.9 Å². The number of esters is 1. The Labute approximate surface area is 155 Å². The molecule has 1 aliphatic carbocycles. The van der Waals surface area contributed by atoms with Gasteiger partial charge < -0.3 is 4.74 Å². The number of thiophene rings is 1. The molecule has 0 aliphatic heterocycles. The van der Waals surface area contributed by atoms with Gasteiger partial charge in [0, 0.05) is 4.88 Å². The van der Waals surface area contributed by atoms with Gasteiger partial charge in [0.2, 0.25) is 0 Å². The normalized spacial score (nSPS) is 16.5. The van der Waals surface area contributed by atoms with Gasteiger partial charge in [-0.25, -0.2) is 9.78 Å². The highest BCUT2D eigenvalue weighted by molar-refractivity contribution is 7.18. The Balaban J connectivity index is 1.73. The van der Waals surface area contributed by atoms with Crippen LogP contribution in [0.25, 0.3) is 10.2 Å². The molecule has 0 saturated heterocycles. The second kappa shape index (κ2) is 6.68. The van der Waals surface area contributed by atoms with Crippen molar-refractivity contribution < 1.29 is 9.53 Å². The number of ether oxygens (including phenoxy) is 1. The van der Waals surface area contributed by atoms with Crippen molar-refractivity contribution in [3.05, 3.63) is 62.5 Å². The summed E-state index contributed by atoms with van der Waals surface area (Å²) >= 11 is 1.66. The van der Waals surface area contributed by atoms with Crippen LogP contribution in [0.3, 0.4) is 0 Å². The Kier molecular flexibility index (Phi) is 4.36. The van der Waals surface area contributed by atoms with Crippen molar-refractivity contribution in [2.45, 2.75) is 32.7 Å². The molecule has 134 valence electrons. The lowest BCUT2D eigenvalue weighted by Crippen LogP contribution is -2.22. The van der Waals surface area contributed by atoms with Crippen LogP contribution in [0.2, 0.25) is 0 Å². The van der Waals surface area contributed by atoms with Gasteiger partial charge in [-0.2, -0.15) is 0 Å². The summed E-state index contributed by atoms with van der Waals surface area (Å²) in [5.74, 6) is 0.285. The molecule has 0 unspecified atom stereocenters. The van der Waals surface area contributed by atoms with Gasteiger partial charge in [-0.1, -0.05) is 19.1 Å². The molecule has 0 amide bonds. The molecule has 5 nitrogen and oxygen atoms in total. The van der Waals surface area contributed by atoms with Crippen LogP contribution in [-0.4, -0.2) is 22.6 Å². The second-order valence-corrected chi connectivity index (χ2v) is 7.99. The molecule has 1 atom stereocenters. The molecule has 3 aromatic rings. The number of aromatic nitrogens is 2. The van der Waals surface area contributed by atoms with Crippen LogP contribution in [0.1, 0.15) is 39.7 Å². The standard InChI is InChI=1S/C20H20N2O3S/c1-12-6-7-15-16(8-12)26-18-17(15)19(23)22(11-21-18)10-13-4-3-5-14(9-13)20(24)25-2/h3-5,9,11-12H,6-8,10H2,1-2H3/t12-/m1/s1. The lowest BCUT2D eigenvalue weighted by Gasteiger charge is -2.17. The lowest BCUT2D eigenvalue weighted by atomic mass is 9.89. The number of carbonyl (C=O) groups excluding carboxylic acids is 1.